The highest BCUT2D eigenvalue weighted by Crippen LogP contribution is 2.41. The Morgan fingerprint density at radius 1 is 0.442 bits per heavy atom. The van der Waals surface area contributed by atoms with Crippen molar-refractivity contribution in [2.24, 2.45) is 0 Å². The summed E-state index contributed by atoms with van der Waals surface area (Å²) in [5, 5.41) is 3.55. The number of nitrogens with zero attached hydrogens (tertiary/aromatic N) is 2. The predicted molar refractivity (Wildman–Crippen MR) is 213 cm³/mol. The molecule has 7 aromatic carbocycles. The van der Waals surface area contributed by atoms with Crippen LogP contribution in [-0.2, 0) is 0 Å². The van der Waals surface area contributed by atoms with Gasteiger partial charge in [-0.2, -0.15) is 0 Å². The van der Waals surface area contributed by atoms with Crippen LogP contribution in [0, 0.1) is 18.6 Å². The van der Waals surface area contributed by atoms with E-state index >= 15 is 0 Å². The first-order valence-corrected chi connectivity index (χ1v) is 17.5. The van der Waals surface area contributed by atoms with E-state index in [0.29, 0.717) is 5.56 Å². The summed E-state index contributed by atoms with van der Waals surface area (Å²) in [5.74, 6) is -1.23. The van der Waals surface area contributed by atoms with Gasteiger partial charge in [0.15, 0.2) is 0 Å². The van der Waals surface area contributed by atoms with E-state index in [1.165, 1.54) is 33.9 Å². The van der Waals surface area contributed by atoms with Crippen molar-refractivity contribution in [1.29, 1.82) is 0 Å². The summed E-state index contributed by atoms with van der Waals surface area (Å²) in [5.41, 5.74) is 12.8. The van der Waals surface area contributed by atoms with Crippen LogP contribution in [0.1, 0.15) is 18.2 Å². The average Bonchev–Trinajstić information content (AvgIpc) is 3.66. The number of benzene rings is 7. The van der Waals surface area contributed by atoms with Gasteiger partial charge in [-0.05, 0) is 108 Å². The number of fused-ring (bicyclic) bond motifs is 4. The van der Waals surface area contributed by atoms with Crippen molar-refractivity contribution < 1.29 is 8.78 Å². The molecule has 9 aromatic rings. The summed E-state index contributed by atoms with van der Waals surface area (Å²) in [6.45, 7) is 4.20. The highest BCUT2D eigenvalue weighted by molar-refractivity contribution is 6.09. The molecule has 0 aliphatic carbocycles. The van der Waals surface area contributed by atoms with Crippen LogP contribution in [0.15, 0.2) is 164 Å². The molecule has 2 heterocycles. The van der Waals surface area contributed by atoms with E-state index < -0.39 is 11.6 Å². The first-order chi connectivity index (χ1) is 25.5. The molecule has 2 aromatic heterocycles. The molecule has 0 aliphatic heterocycles. The fourth-order valence-electron chi connectivity index (χ4n) is 7.87. The Balaban J connectivity index is 1.34. The van der Waals surface area contributed by atoms with Gasteiger partial charge in [0.2, 0.25) is 0 Å². The Morgan fingerprint density at radius 3 is 1.42 bits per heavy atom. The Morgan fingerprint density at radius 2 is 0.865 bits per heavy atom. The second-order valence-corrected chi connectivity index (χ2v) is 13.2. The van der Waals surface area contributed by atoms with Crippen molar-refractivity contribution in [2.75, 3.05) is 0 Å². The lowest BCUT2D eigenvalue weighted by molar-refractivity contribution is 0.584. The second-order valence-electron chi connectivity index (χ2n) is 13.2. The minimum atomic E-state index is -0.613. The first-order valence-electron chi connectivity index (χ1n) is 17.5. The minimum Gasteiger partial charge on any atom is -0.309 e. The number of allylic oxidation sites excluding steroid dienone is 1. The van der Waals surface area contributed by atoms with Crippen LogP contribution in [0.5, 0.6) is 0 Å². The standard InChI is InChI=1S/C48H34F2N2/c1-3-14-43-31(2)38-15-4-9-20-44(38)51(43)45-21-10-5-16-39(45)34-25-32(33-28-36(49)30-37(50)29-33)26-35(27-34)40-17-6-11-22-46(40)52-47-23-12-7-18-41(47)42-19-8-13-24-48(42)52/h3-30H,1-2H3/b14-3-. The van der Waals surface area contributed by atoms with Gasteiger partial charge in [-0.25, -0.2) is 8.78 Å². The molecule has 9 rings (SSSR count). The predicted octanol–water partition coefficient (Wildman–Crippen LogP) is 13.3. The van der Waals surface area contributed by atoms with Crippen molar-refractivity contribution in [3.63, 3.8) is 0 Å². The van der Waals surface area contributed by atoms with E-state index in [-0.39, 0.29) is 0 Å². The molecule has 4 heteroatoms. The van der Waals surface area contributed by atoms with E-state index in [4.69, 9.17) is 0 Å². The normalized spacial score (nSPS) is 11.8. The summed E-state index contributed by atoms with van der Waals surface area (Å²) in [4.78, 5) is 0. The molecule has 0 aliphatic rings. The number of aryl methyl sites for hydroxylation is 1. The van der Waals surface area contributed by atoms with Gasteiger partial charge in [0.25, 0.3) is 0 Å². The molecule has 0 atom stereocenters. The number of aromatic nitrogens is 2. The lowest BCUT2D eigenvalue weighted by Crippen LogP contribution is -2.01. The topological polar surface area (TPSA) is 9.86 Å². The molecule has 0 saturated heterocycles. The quantitative estimate of drug-likeness (QED) is 0.166. The fraction of sp³-hybridized carbons (Fsp3) is 0.0417. The summed E-state index contributed by atoms with van der Waals surface area (Å²) in [6.07, 6.45) is 4.23. The third kappa shape index (κ3) is 5.15. The fourth-order valence-corrected chi connectivity index (χ4v) is 7.87. The molecule has 250 valence electrons. The summed E-state index contributed by atoms with van der Waals surface area (Å²) < 4.78 is 34.3. The van der Waals surface area contributed by atoms with Crippen molar-refractivity contribution >= 4 is 38.8 Å². The van der Waals surface area contributed by atoms with Gasteiger partial charge >= 0.3 is 0 Å². The van der Waals surface area contributed by atoms with E-state index in [1.54, 1.807) is 0 Å². The lowest BCUT2D eigenvalue weighted by atomic mass is 9.92. The zero-order chi connectivity index (χ0) is 35.3. The van der Waals surface area contributed by atoms with Crippen LogP contribution in [-0.4, -0.2) is 9.13 Å². The maximum Gasteiger partial charge on any atom is 0.126 e. The largest absolute Gasteiger partial charge is 0.309 e. The van der Waals surface area contributed by atoms with Gasteiger partial charge in [-0.1, -0.05) is 97.1 Å². The van der Waals surface area contributed by atoms with Gasteiger partial charge in [0.1, 0.15) is 11.6 Å². The summed E-state index contributed by atoms with van der Waals surface area (Å²) in [7, 11) is 0. The highest BCUT2D eigenvalue weighted by atomic mass is 19.1. The third-order valence-electron chi connectivity index (χ3n) is 10.1. The molecule has 0 fully saturated rings. The zero-order valence-corrected chi connectivity index (χ0v) is 28.8. The first kappa shape index (κ1) is 31.5. The number of halogens is 2. The number of hydrogen-bond donors (Lipinski definition) is 0. The minimum absolute atomic E-state index is 0.476. The van der Waals surface area contributed by atoms with Crippen LogP contribution in [0.3, 0.4) is 0 Å². The number of hydrogen-bond acceptors (Lipinski definition) is 0. The average molecular weight is 677 g/mol. The number of para-hydroxylation sites is 5. The highest BCUT2D eigenvalue weighted by Gasteiger charge is 2.20. The molecule has 2 nitrogen and oxygen atoms in total. The molecular weight excluding hydrogens is 643 g/mol. The maximum absolute atomic E-state index is 14.8. The van der Waals surface area contributed by atoms with Gasteiger partial charge in [-0.3, -0.25) is 0 Å². The van der Waals surface area contributed by atoms with Gasteiger partial charge in [0.05, 0.1) is 27.9 Å². The third-order valence-corrected chi connectivity index (χ3v) is 10.1. The molecule has 0 N–H and O–H groups in total. The molecular formula is C48H34F2N2. The zero-order valence-electron chi connectivity index (χ0n) is 28.8. The van der Waals surface area contributed by atoms with Gasteiger partial charge in [-0.15, -0.1) is 0 Å². The van der Waals surface area contributed by atoms with Crippen molar-refractivity contribution in [1.82, 2.24) is 9.13 Å². The Hall–Kier alpha value is -6.52. The van der Waals surface area contributed by atoms with Crippen molar-refractivity contribution in [3.05, 3.63) is 187 Å². The second kappa shape index (κ2) is 12.7. The van der Waals surface area contributed by atoms with E-state index in [2.05, 4.69) is 143 Å². The van der Waals surface area contributed by atoms with Crippen LogP contribution in [0.2, 0.25) is 0 Å². The van der Waals surface area contributed by atoms with Crippen LogP contribution in [0.25, 0.3) is 83.5 Å². The molecule has 0 bridgehead atoms. The molecule has 0 amide bonds. The molecule has 0 spiro atoms. The maximum atomic E-state index is 14.8. The Kier molecular flexibility index (Phi) is 7.66. The molecule has 52 heavy (non-hydrogen) atoms. The van der Waals surface area contributed by atoms with Gasteiger partial charge < -0.3 is 9.13 Å². The van der Waals surface area contributed by atoms with Gasteiger partial charge in [0, 0.05) is 39.0 Å². The smallest absolute Gasteiger partial charge is 0.126 e. The summed E-state index contributed by atoms with van der Waals surface area (Å²) in [6, 6.07) is 52.2. The lowest BCUT2D eigenvalue weighted by Gasteiger charge is -2.19. The van der Waals surface area contributed by atoms with Crippen molar-refractivity contribution in [3.8, 4) is 44.8 Å². The SMILES string of the molecule is C/C=C\c1c(C)c2ccccc2n1-c1ccccc1-c1cc(-c2cc(F)cc(F)c2)cc(-c2ccccc2-n2c3ccccc3c3ccccc32)c1. The van der Waals surface area contributed by atoms with Crippen LogP contribution < -0.4 is 0 Å². The Labute approximate surface area is 301 Å². The van der Waals surface area contributed by atoms with Crippen LogP contribution in [0.4, 0.5) is 8.78 Å². The molecule has 0 unspecified atom stereocenters. The van der Waals surface area contributed by atoms with Crippen molar-refractivity contribution in [2.45, 2.75) is 13.8 Å². The molecule has 0 saturated carbocycles. The van der Waals surface area contributed by atoms with E-state index in [1.807, 2.05) is 31.2 Å². The Bertz CT molecular complexity index is 2780. The summed E-state index contributed by atoms with van der Waals surface area (Å²) >= 11 is 0. The van der Waals surface area contributed by atoms with Crippen LogP contribution >= 0.6 is 0 Å². The van der Waals surface area contributed by atoms with E-state index in [9.17, 15) is 8.78 Å². The molecule has 0 radical (unpaired) electrons. The van der Waals surface area contributed by atoms with E-state index in [0.717, 1.165) is 67.5 Å². The monoisotopic (exact) mass is 676 g/mol. The number of rotatable bonds is 6.